The monoisotopic (exact) mass is 301 g/mol. The number of carbonyl (C=O) groups excluding carboxylic acids is 2. The molecule has 0 aliphatic carbocycles. The van der Waals surface area contributed by atoms with Crippen LogP contribution in [0.15, 0.2) is 24.3 Å². The predicted octanol–water partition coefficient (Wildman–Crippen LogP) is 2.12. The summed E-state index contributed by atoms with van der Waals surface area (Å²) in [7, 11) is 0. The van der Waals surface area contributed by atoms with E-state index in [0.29, 0.717) is 5.56 Å². The molecule has 1 aromatic carbocycles. The maximum Gasteiger partial charge on any atom is 0.251 e. The van der Waals surface area contributed by atoms with Gasteiger partial charge in [0.1, 0.15) is 6.04 Å². The van der Waals surface area contributed by atoms with Gasteiger partial charge in [-0.1, -0.05) is 32.9 Å². The molecule has 0 saturated carbocycles. The lowest BCUT2D eigenvalue weighted by Gasteiger charge is -2.20. The second kappa shape index (κ2) is 7.08. The van der Waals surface area contributed by atoms with Gasteiger partial charge in [-0.25, -0.2) is 0 Å². The van der Waals surface area contributed by atoms with Crippen LogP contribution in [0.1, 0.15) is 50.0 Å². The average Bonchev–Trinajstić information content (AvgIpc) is 2.45. The first-order valence-electron chi connectivity index (χ1n) is 7.25. The van der Waals surface area contributed by atoms with Crippen LogP contribution in [0.5, 0.6) is 0 Å². The molecule has 0 bridgehead atoms. The van der Waals surface area contributed by atoms with Gasteiger partial charge in [-0.15, -0.1) is 0 Å². The summed E-state index contributed by atoms with van der Waals surface area (Å²) in [4.78, 5) is 23.6. The van der Waals surface area contributed by atoms with Gasteiger partial charge in [0.2, 0.25) is 5.91 Å². The molecule has 0 spiro atoms. The van der Waals surface area contributed by atoms with Crippen molar-refractivity contribution in [2.45, 2.75) is 45.6 Å². The van der Waals surface area contributed by atoms with E-state index in [9.17, 15) is 9.59 Å². The number of benzene rings is 1. The zero-order chi connectivity index (χ0) is 16.9. The third-order valence-electron chi connectivity index (χ3n) is 3.47. The van der Waals surface area contributed by atoms with Crippen molar-refractivity contribution in [1.29, 1.82) is 5.26 Å². The summed E-state index contributed by atoms with van der Waals surface area (Å²) in [6.07, 6.45) is 0.206. The van der Waals surface area contributed by atoms with Crippen LogP contribution in [0.2, 0.25) is 0 Å². The van der Waals surface area contributed by atoms with E-state index in [2.05, 4.69) is 26.1 Å². The number of rotatable bonds is 5. The van der Waals surface area contributed by atoms with Gasteiger partial charge in [-0.05, 0) is 36.5 Å². The van der Waals surface area contributed by atoms with Crippen LogP contribution in [-0.4, -0.2) is 17.9 Å². The Hall–Kier alpha value is -2.35. The third kappa shape index (κ3) is 4.88. The number of nitriles is 1. The van der Waals surface area contributed by atoms with Crippen molar-refractivity contribution in [2.24, 2.45) is 11.7 Å². The van der Waals surface area contributed by atoms with Crippen LogP contribution in [-0.2, 0) is 10.2 Å². The number of carbonyl (C=O) groups is 2. The van der Waals surface area contributed by atoms with Crippen molar-refractivity contribution < 1.29 is 9.59 Å². The number of amides is 2. The average molecular weight is 301 g/mol. The standard InChI is InChI=1S/C17H23N3O2/c1-11(10-18)9-14(15(19)21)20-16(22)12-5-7-13(8-6-12)17(2,3)4/h5-8,11,14H,9H2,1-4H3,(H2,19,21)(H,20,22)/t11-,14+/m1/s1. The SMILES string of the molecule is C[C@@H](C#N)C[C@H](NC(=O)c1ccc(C(C)(C)C)cc1)C(N)=O. The topological polar surface area (TPSA) is 96.0 Å². The minimum atomic E-state index is -0.843. The Morgan fingerprint density at radius 1 is 1.27 bits per heavy atom. The number of hydrogen-bond acceptors (Lipinski definition) is 3. The van der Waals surface area contributed by atoms with Gasteiger partial charge in [-0.3, -0.25) is 9.59 Å². The van der Waals surface area contributed by atoms with Crippen LogP contribution >= 0.6 is 0 Å². The van der Waals surface area contributed by atoms with Crippen LogP contribution in [0.3, 0.4) is 0 Å². The fourth-order valence-corrected chi connectivity index (χ4v) is 2.02. The van der Waals surface area contributed by atoms with Gasteiger partial charge in [0.05, 0.1) is 6.07 Å². The highest BCUT2D eigenvalue weighted by atomic mass is 16.2. The Morgan fingerprint density at radius 3 is 2.23 bits per heavy atom. The molecule has 0 unspecified atom stereocenters. The molecule has 3 N–H and O–H groups in total. The van der Waals surface area contributed by atoms with E-state index in [1.165, 1.54) is 0 Å². The summed E-state index contributed by atoms with van der Waals surface area (Å²) < 4.78 is 0. The molecule has 118 valence electrons. The molecule has 22 heavy (non-hydrogen) atoms. The number of nitrogens with two attached hydrogens (primary N) is 1. The molecule has 0 aromatic heterocycles. The Kier molecular flexibility index (Phi) is 5.69. The second-order valence-electron chi connectivity index (χ2n) is 6.52. The highest BCUT2D eigenvalue weighted by molar-refractivity contribution is 5.97. The zero-order valence-electron chi connectivity index (χ0n) is 13.5. The second-order valence-corrected chi connectivity index (χ2v) is 6.52. The first kappa shape index (κ1) is 17.7. The van der Waals surface area contributed by atoms with Gasteiger partial charge in [-0.2, -0.15) is 5.26 Å². The molecule has 0 aliphatic rings. The number of nitrogens with zero attached hydrogens (tertiary/aromatic N) is 1. The fraction of sp³-hybridized carbons (Fsp3) is 0.471. The van der Waals surface area contributed by atoms with Gasteiger partial charge in [0.15, 0.2) is 0 Å². The maximum absolute atomic E-state index is 12.2. The van der Waals surface area contributed by atoms with E-state index in [-0.39, 0.29) is 23.7 Å². The highest BCUT2D eigenvalue weighted by Gasteiger charge is 2.22. The Morgan fingerprint density at radius 2 is 1.82 bits per heavy atom. The van der Waals surface area contributed by atoms with Gasteiger partial charge in [0, 0.05) is 11.5 Å². The zero-order valence-corrected chi connectivity index (χ0v) is 13.5. The maximum atomic E-state index is 12.2. The molecule has 0 heterocycles. The summed E-state index contributed by atoms with van der Waals surface area (Å²) in [5.41, 5.74) is 6.87. The first-order valence-corrected chi connectivity index (χ1v) is 7.25. The Balaban J connectivity index is 2.82. The molecular formula is C17H23N3O2. The van der Waals surface area contributed by atoms with Crippen LogP contribution < -0.4 is 11.1 Å². The van der Waals surface area contributed by atoms with E-state index >= 15 is 0 Å². The molecule has 0 aliphatic heterocycles. The Labute approximate surface area is 131 Å². The number of hydrogen-bond donors (Lipinski definition) is 2. The lowest BCUT2D eigenvalue weighted by Crippen LogP contribution is -2.45. The van der Waals surface area contributed by atoms with Gasteiger partial charge < -0.3 is 11.1 Å². The molecule has 0 saturated heterocycles. The summed E-state index contributed by atoms with van der Waals surface area (Å²) in [6.45, 7) is 7.96. The van der Waals surface area contributed by atoms with E-state index in [1.807, 2.05) is 18.2 Å². The van der Waals surface area contributed by atoms with Gasteiger partial charge in [0.25, 0.3) is 5.91 Å². The van der Waals surface area contributed by atoms with Gasteiger partial charge >= 0.3 is 0 Å². The molecule has 1 rings (SSSR count). The first-order chi connectivity index (χ1) is 10.1. The van der Waals surface area contributed by atoms with Crippen molar-refractivity contribution >= 4 is 11.8 Å². The molecule has 0 fully saturated rings. The summed E-state index contributed by atoms with van der Waals surface area (Å²) >= 11 is 0. The smallest absolute Gasteiger partial charge is 0.251 e. The van der Waals surface area contributed by atoms with E-state index in [4.69, 9.17) is 11.0 Å². The van der Waals surface area contributed by atoms with E-state index < -0.39 is 11.9 Å². The Bertz CT molecular complexity index is 579. The molecule has 2 atom stereocenters. The summed E-state index contributed by atoms with van der Waals surface area (Å²) in [5, 5.41) is 11.4. The molecular weight excluding hydrogens is 278 g/mol. The quantitative estimate of drug-likeness (QED) is 0.871. The minimum absolute atomic E-state index is 0.00694. The van der Waals surface area contributed by atoms with Crippen molar-refractivity contribution in [1.82, 2.24) is 5.32 Å². The van der Waals surface area contributed by atoms with E-state index in [1.54, 1.807) is 19.1 Å². The molecule has 1 aromatic rings. The summed E-state index contributed by atoms with van der Waals surface area (Å²) in [6, 6.07) is 8.42. The molecule has 5 heteroatoms. The third-order valence-corrected chi connectivity index (χ3v) is 3.47. The number of nitrogens with one attached hydrogen (secondary N) is 1. The van der Waals surface area contributed by atoms with Crippen LogP contribution in [0.25, 0.3) is 0 Å². The van der Waals surface area contributed by atoms with Crippen molar-refractivity contribution in [3.05, 3.63) is 35.4 Å². The van der Waals surface area contributed by atoms with Crippen molar-refractivity contribution in [3.63, 3.8) is 0 Å². The van der Waals surface area contributed by atoms with Crippen molar-refractivity contribution in [2.75, 3.05) is 0 Å². The van der Waals surface area contributed by atoms with Crippen LogP contribution in [0.4, 0.5) is 0 Å². The summed E-state index contributed by atoms with van der Waals surface area (Å²) in [5.74, 6) is -1.36. The predicted molar refractivity (Wildman–Crippen MR) is 85.0 cm³/mol. The number of primary amides is 1. The van der Waals surface area contributed by atoms with E-state index in [0.717, 1.165) is 5.56 Å². The minimum Gasteiger partial charge on any atom is -0.368 e. The largest absolute Gasteiger partial charge is 0.368 e. The van der Waals surface area contributed by atoms with Crippen molar-refractivity contribution in [3.8, 4) is 6.07 Å². The highest BCUT2D eigenvalue weighted by Crippen LogP contribution is 2.22. The lowest BCUT2D eigenvalue weighted by molar-refractivity contribution is -0.120. The lowest BCUT2D eigenvalue weighted by atomic mass is 9.86. The normalized spacial score (nSPS) is 13.8. The van der Waals surface area contributed by atoms with Crippen LogP contribution in [0, 0.1) is 17.2 Å². The molecule has 2 amide bonds. The fourth-order valence-electron chi connectivity index (χ4n) is 2.02. The molecule has 0 radical (unpaired) electrons. The molecule has 5 nitrogen and oxygen atoms in total.